The highest BCUT2D eigenvalue weighted by Gasteiger charge is 2.16. The fraction of sp³-hybridized carbons (Fsp3) is 0.400. The minimum atomic E-state index is -0.112. The Morgan fingerprint density at radius 3 is 2.00 bits per heavy atom. The summed E-state index contributed by atoms with van der Waals surface area (Å²) in [6.45, 7) is 5.62. The number of hydrogen-bond acceptors (Lipinski definition) is 4. The first-order valence-electron chi connectivity index (χ1n) is 11.1. The van der Waals surface area contributed by atoms with E-state index in [0.29, 0.717) is 18.8 Å². The van der Waals surface area contributed by atoms with Crippen molar-refractivity contribution in [2.45, 2.75) is 51.7 Å². The van der Waals surface area contributed by atoms with Crippen LogP contribution < -0.4 is 20.5 Å². The van der Waals surface area contributed by atoms with Gasteiger partial charge < -0.3 is 14.8 Å². The molecule has 31 heavy (non-hydrogen) atoms. The number of hydrogen-bond donors (Lipinski definition) is 1. The Labute approximate surface area is 183 Å². The highest BCUT2D eigenvalue weighted by Crippen LogP contribution is 2.24. The standard InChI is InChI=1S/C25H31N3O3/c1-19(2)26-15-18-30-22-11-7-20(8-12-22)27-16-17-28(25(27)29)21-9-13-24(14-10-21)31-23-5-3-4-6-23/h7-14,16-17,19,23,26H,3-6,15,18H2,1-2H3. The van der Waals surface area contributed by atoms with Crippen molar-refractivity contribution in [3.63, 3.8) is 0 Å². The Hall–Kier alpha value is -2.99. The first-order valence-corrected chi connectivity index (χ1v) is 11.1. The van der Waals surface area contributed by atoms with Gasteiger partial charge in [-0.25, -0.2) is 4.79 Å². The number of ether oxygens (including phenoxy) is 2. The zero-order valence-corrected chi connectivity index (χ0v) is 18.3. The zero-order valence-electron chi connectivity index (χ0n) is 18.3. The molecule has 3 aromatic rings. The third kappa shape index (κ3) is 5.39. The van der Waals surface area contributed by atoms with E-state index in [1.165, 1.54) is 12.8 Å². The summed E-state index contributed by atoms with van der Waals surface area (Å²) in [5, 5.41) is 3.32. The predicted octanol–water partition coefficient (Wildman–Crippen LogP) is 4.33. The van der Waals surface area contributed by atoms with Crippen molar-refractivity contribution < 1.29 is 9.47 Å². The van der Waals surface area contributed by atoms with E-state index in [0.717, 1.165) is 42.3 Å². The molecule has 4 rings (SSSR count). The predicted molar refractivity (Wildman–Crippen MR) is 123 cm³/mol. The molecule has 6 heteroatoms. The molecule has 1 aliphatic rings. The van der Waals surface area contributed by atoms with Gasteiger partial charge in [-0.2, -0.15) is 0 Å². The molecular weight excluding hydrogens is 390 g/mol. The normalized spacial score (nSPS) is 14.3. The van der Waals surface area contributed by atoms with Crippen molar-refractivity contribution in [2.75, 3.05) is 13.2 Å². The first kappa shape index (κ1) is 21.2. The van der Waals surface area contributed by atoms with E-state index in [2.05, 4.69) is 19.2 Å². The van der Waals surface area contributed by atoms with E-state index >= 15 is 0 Å². The van der Waals surface area contributed by atoms with Crippen LogP contribution >= 0.6 is 0 Å². The van der Waals surface area contributed by atoms with Gasteiger partial charge in [0.05, 0.1) is 17.5 Å². The van der Waals surface area contributed by atoms with Gasteiger partial charge in [-0.05, 0) is 74.2 Å². The lowest BCUT2D eigenvalue weighted by Crippen LogP contribution is -2.27. The van der Waals surface area contributed by atoms with Crippen LogP contribution in [-0.4, -0.2) is 34.4 Å². The third-order valence-corrected chi connectivity index (χ3v) is 5.54. The fourth-order valence-corrected chi connectivity index (χ4v) is 3.87. The molecule has 0 radical (unpaired) electrons. The van der Waals surface area contributed by atoms with Crippen molar-refractivity contribution >= 4 is 0 Å². The number of benzene rings is 2. The quantitative estimate of drug-likeness (QED) is 0.523. The van der Waals surface area contributed by atoms with Crippen molar-refractivity contribution in [2.24, 2.45) is 0 Å². The molecule has 0 unspecified atom stereocenters. The van der Waals surface area contributed by atoms with Gasteiger partial charge in [0.25, 0.3) is 0 Å². The summed E-state index contributed by atoms with van der Waals surface area (Å²) in [6.07, 6.45) is 8.64. The van der Waals surface area contributed by atoms with Crippen LogP contribution in [0.1, 0.15) is 39.5 Å². The molecule has 0 atom stereocenters. The van der Waals surface area contributed by atoms with Gasteiger partial charge in [-0.3, -0.25) is 9.13 Å². The smallest absolute Gasteiger partial charge is 0.337 e. The van der Waals surface area contributed by atoms with E-state index in [1.807, 2.05) is 48.5 Å². The molecule has 1 heterocycles. The molecule has 0 amide bonds. The maximum absolute atomic E-state index is 12.9. The van der Waals surface area contributed by atoms with Crippen LogP contribution in [0.3, 0.4) is 0 Å². The number of imidazole rings is 1. The van der Waals surface area contributed by atoms with Crippen LogP contribution in [-0.2, 0) is 0 Å². The molecule has 0 saturated heterocycles. The summed E-state index contributed by atoms with van der Waals surface area (Å²) in [4.78, 5) is 12.9. The highest BCUT2D eigenvalue weighted by molar-refractivity contribution is 5.40. The van der Waals surface area contributed by atoms with Crippen molar-refractivity contribution in [1.29, 1.82) is 0 Å². The second-order valence-electron chi connectivity index (χ2n) is 8.29. The number of aromatic nitrogens is 2. The van der Waals surface area contributed by atoms with E-state index in [-0.39, 0.29) is 5.69 Å². The Balaban J connectivity index is 1.41. The molecule has 1 saturated carbocycles. The van der Waals surface area contributed by atoms with Crippen LogP contribution in [0.5, 0.6) is 11.5 Å². The van der Waals surface area contributed by atoms with Crippen molar-refractivity contribution in [1.82, 2.24) is 14.5 Å². The molecule has 2 aromatic carbocycles. The summed E-state index contributed by atoms with van der Waals surface area (Å²) in [5.74, 6) is 1.65. The van der Waals surface area contributed by atoms with Crippen LogP contribution in [0.15, 0.2) is 65.7 Å². The topological polar surface area (TPSA) is 57.4 Å². The molecule has 6 nitrogen and oxygen atoms in total. The Morgan fingerprint density at radius 2 is 1.45 bits per heavy atom. The summed E-state index contributed by atoms with van der Waals surface area (Å²) >= 11 is 0. The van der Waals surface area contributed by atoms with Gasteiger partial charge in [0.15, 0.2) is 0 Å². The lowest BCUT2D eigenvalue weighted by atomic mass is 10.2. The molecule has 0 aliphatic heterocycles. The average molecular weight is 422 g/mol. The van der Waals surface area contributed by atoms with Gasteiger partial charge in [-0.1, -0.05) is 13.8 Å². The lowest BCUT2D eigenvalue weighted by Gasteiger charge is -2.13. The van der Waals surface area contributed by atoms with E-state index in [9.17, 15) is 4.79 Å². The van der Waals surface area contributed by atoms with E-state index in [1.54, 1.807) is 21.5 Å². The Bertz CT molecular complexity index is 1010. The van der Waals surface area contributed by atoms with Gasteiger partial charge in [0.1, 0.15) is 18.1 Å². The fourth-order valence-electron chi connectivity index (χ4n) is 3.87. The molecule has 1 fully saturated rings. The van der Waals surface area contributed by atoms with Gasteiger partial charge in [-0.15, -0.1) is 0 Å². The van der Waals surface area contributed by atoms with E-state index < -0.39 is 0 Å². The van der Waals surface area contributed by atoms with Gasteiger partial charge in [0.2, 0.25) is 0 Å². The lowest BCUT2D eigenvalue weighted by molar-refractivity contribution is 0.210. The summed E-state index contributed by atoms with van der Waals surface area (Å²) in [5.41, 5.74) is 1.51. The SMILES string of the molecule is CC(C)NCCOc1ccc(-n2ccn(-c3ccc(OC4CCCC4)cc3)c2=O)cc1. The second-order valence-corrected chi connectivity index (χ2v) is 8.29. The van der Waals surface area contributed by atoms with Crippen LogP contribution in [0.4, 0.5) is 0 Å². The number of rotatable bonds is 9. The second kappa shape index (κ2) is 9.88. The maximum Gasteiger partial charge on any atom is 0.337 e. The van der Waals surface area contributed by atoms with Gasteiger partial charge >= 0.3 is 5.69 Å². The number of nitrogens with zero attached hydrogens (tertiary/aromatic N) is 2. The first-order chi connectivity index (χ1) is 15.1. The molecule has 0 bridgehead atoms. The maximum atomic E-state index is 12.9. The average Bonchev–Trinajstić information content (AvgIpc) is 3.42. The van der Waals surface area contributed by atoms with Gasteiger partial charge in [0, 0.05) is 25.0 Å². The van der Waals surface area contributed by atoms with Crippen molar-refractivity contribution in [3.8, 4) is 22.9 Å². The highest BCUT2D eigenvalue weighted by atomic mass is 16.5. The molecule has 1 aromatic heterocycles. The monoisotopic (exact) mass is 421 g/mol. The van der Waals surface area contributed by atoms with E-state index in [4.69, 9.17) is 9.47 Å². The van der Waals surface area contributed by atoms with Crippen molar-refractivity contribution in [3.05, 3.63) is 71.4 Å². The largest absolute Gasteiger partial charge is 0.492 e. The summed E-state index contributed by atoms with van der Waals surface area (Å²) in [6, 6.07) is 15.8. The van der Waals surface area contributed by atoms with Crippen LogP contribution in [0, 0.1) is 0 Å². The Kier molecular flexibility index (Phi) is 6.77. The zero-order chi connectivity index (χ0) is 21.6. The van der Waals surface area contributed by atoms with Crippen LogP contribution in [0.2, 0.25) is 0 Å². The van der Waals surface area contributed by atoms with Crippen LogP contribution in [0.25, 0.3) is 11.4 Å². The molecule has 1 aliphatic carbocycles. The molecule has 1 N–H and O–H groups in total. The third-order valence-electron chi connectivity index (χ3n) is 5.54. The molecular formula is C25H31N3O3. The minimum absolute atomic E-state index is 0.112. The summed E-state index contributed by atoms with van der Waals surface area (Å²) < 4.78 is 15.0. The molecule has 164 valence electrons. The summed E-state index contributed by atoms with van der Waals surface area (Å²) in [7, 11) is 0. The molecule has 0 spiro atoms. The number of nitrogens with one attached hydrogen (secondary N) is 1. The minimum Gasteiger partial charge on any atom is -0.492 e. The Morgan fingerprint density at radius 1 is 0.903 bits per heavy atom.